The third-order valence-electron chi connectivity index (χ3n) is 7.21. The fourth-order valence-electron chi connectivity index (χ4n) is 5.59. The van der Waals surface area contributed by atoms with Crippen LogP contribution >= 0.6 is 0 Å². The van der Waals surface area contributed by atoms with Gasteiger partial charge in [0.15, 0.2) is 0 Å². The number of allylic oxidation sites excluding steroid dienone is 6. The highest BCUT2D eigenvalue weighted by Gasteiger charge is 2.16. The van der Waals surface area contributed by atoms with E-state index in [0.29, 0.717) is 0 Å². The predicted octanol–water partition coefficient (Wildman–Crippen LogP) is 9.70. The second kappa shape index (κ2) is 13.0. The zero-order valence-corrected chi connectivity index (χ0v) is 17.8. The molecule has 6 rings (SSSR count). The zero-order chi connectivity index (χ0) is 19.0. The summed E-state index contributed by atoms with van der Waals surface area (Å²) in [5.41, 5.74) is 10.1. The van der Waals surface area contributed by atoms with Gasteiger partial charge < -0.3 is 0 Å². The SMILES string of the molecule is C.C.C1=C2CCCCC2=CC1.C1CCC2=C(C1)CCC2.c1ccc2c(c1)CCCC2. The fraction of sp³-hybridized carbons (Fsp3) is 0.600. The molecule has 0 heterocycles. The van der Waals surface area contributed by atoms with Crippen LogP contribution in [-0.4, -0.2) is 0 Å². The molecule has 166 valence electrons. The molecule has 1 aromatic carbocycles. The molecule has 0 unspecified atom stereocenters. The van der Waals surface area contributed by atoms with Crippen molar-refractivity contribution in [3.63, 3.8) is 0 Å². The standard InChI is InChI=1S/C10H12.C9H14.C9H12.2CH4/c1-2-6-10-8-4-3-7-9(10)5-1;2*1-2-5-9-7-3-6-8(9)4-1;;/h1-2,5-6H,3-4,7-8H2;1-7H2;6-7H,1-5H2;2*1H4. The summed E-state index contributed by atoms with van der Waals surface area (Å²) < 4.78 is 0. The van der Waals surface area contributed by atoms with E-state index in [-0.39, 0.29) is 14.9 Å². The Kier molecular flexibility index (Phi) is 10.7. The molecule has 5 aliphatic rings. The van der Waals surface area contributed by atoms with Gasteiger partial charge in [0.2, 0.25) is 0 Å². The van der Waals surface area contributed by atoms with E-state index in [1.165, 1.54) is 103 Å². The van der Waals surface area contributed by atoms with Gasteiger partial charge in [-0.15, -0.1) is 0 Å². The average Bonchev–Trinajstić information content (AvgIpc) is 3.44. The molecular formula is C30H46. The smallest absolute Gasteiger partial charge is 0.0157 e. The highest BCUT2D eigenvalue weighted by molar-refractivity contribution is 5.38. The molecule has 5 aliphatic carbocycles. The molecule has 0 heteroatoms. The molecule has 1 aromatic rings. The second-order valence-electron chi connectivity index (χ2n) is 9.15. The third kappa shape index (κ3) is 6.73. The van der Waals surface area contributed by atoms with Gasteiger partial charge in [-0.05, 0) is 125 Å². The van der Waals surface area contributed by atoms with Gasteiger partial charge in [0, 0.05) is 0 Å². The lowest BCUT2D eigenvalue weighted by molar-refractivity contribution is 0.672. The molecule has 0 amide bonds. The van der Waals surface area contributed by atoms with Crippen molar-refractivity contribution in [1.29, 1.82) is 0 Å². The Labute approximate surface area is 187 Å². The van der Waals surface area contributed by atoms with Crippen molar-refractivity contribution >= 4 is 0 Å². The van der Waals surface area contributed by atoms with Crippen molar-refractivity contribution in [1.82, 2.24) is 0 Å². The minimum atomic E-state index is 0. The van der Waals surface area contributed by atoms with Crippen LogP contribution in [0.3, 0.4) is 0 Å². The van der Waals surface area contributed by atoms with Gasteiger partial charge in [-0.25, -0.2) is 0 Å². The molecule has 0 aromatic heterocycles. The molecule has 0 N–H and O–H groups in total. The molecule has 30 heavy (non-hydrogen) atoms. The van der Waals surface area contributed by atoms with Gasteiger partial charge in [-0.2, -0.15) is 0 Å². The lowest BCUT2D eigenvalue weighted by atomic mass is 9.92. The van der Waals surface area contributed by atoms with E-state index < -0.39 is 0 Å². The van der Waals surface area contributed by atoms with Gasteiger partial charge in [0.25, 0.3) is 0 Å². The van der Waals surface area contributed by atoms with E-state index in [0.717, 1.165) is 0 Å². The monoisotopic (exact) mass is 406 g/mol. The molecule has 0 spiro atoms. The third-order valence-corrected chi connectivity index (χ3v) is 7.21. The molecule has 1 saturated carbocycles. The van der Waals surface area contributed by atoms with Gasteiger partial charge in [0.1, 0.15) is 0 Å². The summed E-state index contributed by atoms with van der Waals surface area (Å²) in [7, 11) is 0. The Morgan fingerprint density at radius 1 is 0.433 bits per heavy atom. The van der Waals surface area contributed by atoms with Crippen LogP contribution in [0.25, 0.3) is 0 Å². The van der Waals surface area contributed by atoms with Crippen LogP contribution in [0.4, 0.5) is 0 Å². The van der Waals surface area contributed by atoms with E-state index in [1.54, 1.807) is 22.3 Å². The molecule has 0 aliphatic heterocycles. The number of fused-ring (bicyclic) bond motifs is 2. The van der Waals surface area contributed by atoms with Crippen LogP contribution in [-0.2, 0) is 12.8 Å². The van der Waals surface area contributed by atoms with Gasteiger partial charge >= 0.3 is 0 Å². The number of aryl methyl sites for hydroxylation is 2. The first-order valence-corrected chi connectivity index (χ1v) is 12.0. The first-order chi connectivity index (χ1) is 13.9. The minimum Gasteiger partial charge on any atom is -0.0776 e. The highest BCUT2D eigenvalue weighted by atomic mass is 14.2. The van der Waals surface area contributed by atoms with E-state index in [1.807, 2.05) is 11.1 Å². The van der Waals surface area contributed by atoms with Crippen molar-refractivity contribution in [3.8, 4) is 0 Å². The first-order valence-electron chi connectivity index (χ1n) is 12.0. The number of hydrogen-bond acceptors (Lipinski definition) is 0. The maximum absolute atomic E-state index is 2.38. The van der Waals surface area contributed by atoms with E-state index >= 15 is 0 Å². The van der Waals surface area contributed by atoms with Crippen molar-refractivity contribution in [2.24, 2.45) is 0 Å². The van der Waals surface area contributed by atoms with Gasteiger partial charge in [0.05, 0.1) is 0 Å². The molecule has 0 radical (unpaired) electrons. The van der Waals surface area contributed by atoms with Crippen molar-refractivity contribution in [2.45, 2.75) is 118 Å². The van der Waals surface area contributed by atoms with Crippen molar-refractivity contribution < 1.29 is 0 Å². The maximum Gasteiger partial charge on any atom is -0.0157 e. The quantitative estimate of drug-likeness (QED) is 0.376. The van der Waals surface area contributed by atoms with Crippen molar-refractivity contribution in [3.05, 3.63) is 69.8 Å². The summed E-state index contributed by atoms with van der Waals surface area (Å²) in [5, 5.41) is 0. The van der Waals surface area contributed by atoms with Gasteiger partial charge in [-0.1, -0.05) is 62.4 Å². The normalized spacial score (nSPS) is 20.9. The summed E-state index contributed by atoms with van der Waals surface area (Å²) in [6.45, 7) is 0. The Morgan fingerprint density at radius 3 is 1.33 bits per heavy atom. The van der Waals surface area contributed by atoms with Crippen LogP contribution < -0.4 is 0 Å². The second-order valence-corrected chi connectivity index (χ2v) is 9.15. The molecule has 0 bridgehead atoms. The van der Waals surface area contributed by atoms with Crippen LogP contribution in [0.2, 0.25) is 0 Å². The first kappa shape index (κ1) is 24.7. The number of hydrogen-bond donors (Lipinski definition) is 0. The fourth-order valence-corrected chi connectivity index (χ4v) is 5.59. The molecular weight excluding hydrogens is 360 g/mol. The highest BCUT2D eigenvalue weighted by Crippen LogP contribution is 2.36. The Balaban J connectivity index is 0.000000155. The number of benzene rings is 1. The lowest BCUT2D eigenvalue weighted by Crippen LogP contribution is -2.00. The summed E-state index contributed by atoms with van der Waals surface area (Å²) in [6.07, 6.45) is 27.1. The maximum atomic E-state index is 2.38. The van der Waals surface area contributed by atoms with E-state index in [4.69, 9.17) is 0 Å². The topological polar surface area (TPSA) is 0 Å². The average molecular weight is 407 g/mol. The number of rotatable bonds is 0. The zero-order valence-electron chi connectivity index (χ0n) is 17.8. The van der Waals surface area contributed by atoms with Crippen molar-refractivity contribution in [2.75, 3.05) is 0 Å². The van der Waals surface area contributed by atoms with Crippen LogP contribution in [0.5, 0.6) is 0 Å². The molecule has 0 nitrogen and oxygen atoms in total. The molecule has 0 saturated heterocycles. The van der Waals surface area contributed by atoms with E-state index in [2.05, 4.69) is 36.4 Å². The Hall–Kier alpha value is -1.56. The minimum absolute atomic E-state index is 0. The lowest BCUT2D eigenvalue weighted by Gasteiger charge is -2.13. The largest absolute Gasteiger partial charge is 0.0776 e. The summed E-state index contributed by atoms with van der Waals surface area (Å²) >= 11 is 0. The van der Waals surface area contributed by atoms with Gasteiger partial charge in [-0.3, -0.25) is 0 Å². The summed E-state index contributed by atoms with van der Waals surface area (Å²) in [4.78, 5) is 0. The Bertz CT molecular complexity index is 682. The van der Waals surface area contributed by atoms with Crippen LogP contribution in [0, 0.1) is 0 Å². The summed E-state index contributed by atoms with van der Waals surface area (Å²) in [5.74, 6) is 0. The molecule has 1 fully saturated rings. The van der Waals surface area contributed by atoms with E-state index in [9.17, 15) is 0 Å². The summed E-state index contributed by atoms with van der Waals surface area (Å²) in [6, 6.07) is 8.80. The molecule has 0 atom stereocenters. The predicted molar refractivity (Wildman–Crippen MR) is 135 cm³/mol. The van der Waals surface area contributed by atoms with Crippen LogP contribution in [0.15, 0.2) is 58.7 Å². The Morgan fingerprint density at radius 2 is 0.833 bits per heavy atom. The van der Waals surface area contributed by atoms with Crippen LogP contribution in [0.1, 0.15) is 116 Å².